The van der Waals surface area contributed by atoms with E-state index in [1.54, 1.807) is 16.0 Å². The highest BCUT2D eigenvalue weighted by molar-refractivity contribution is 7.18. The van der Waals surface area contributed by atoms with Gasteiger partial charge in [0.1, 0.15) is 30.7 Å². The minimum atomic E-state index is -0.886. The lowest BCUT2D eigenvalue weighted by molar-refractivity contribution is -0.161. The first-order chi connectivity index (χ1) is 20.0. The number of methoxy groups -OCH3 is 1. The van der Waals surface area contributed by atoms with Gasteiger partial charge in [-0.25, -0.2) is 9.78 Å². The number of nitrogens with zero attached hydrogens (tertiary/aromatic N) is 3. The summed E-state index contributed by atoms with van der Waals surface area (Å²) in [6, 6.07) is 7.34. The highest BCUT2D eigenvalue weighted by Gasteiger charge is 2.49. The summed E-state index contributed by atoms with van der Waals surface area (Å²) in [5, 5.41) is 2.29. The number of benzene rings is 1. The van der Waals surface area contributed by atoms with Crippen LogP contribution >= 0.6 is 22.9 Å². The van der Waals surface area contributed by atoms with Crippen molar-refractivity contribution in [3.63, 3.8) is 0 Å². The van der Waals surface area contributed by atoms with Gasteiger partial charge in [-0.2, -0.15) is 0 Å². The molecule has 1 aliphatic heterocycles. The molecule has 0 radical (unpaired) electrons. The van der Waals surface area contributed by atoms with Crippen LogP contribution in [0, 0.1) is 13.8 Å². The number of rotatable bonds is 6. The number of fused-ring (bicyclic) bond motifs is 2. The topological polar surface area (TPSA) is 102 Å². The van der Waals surface area contributed by atoms with Gasteiger partial charge in [0, 0.05) is 44.6 Å². The van der Waals surface area contributed by atoms with Gasteiger partial charge >= 0.3 is 5.97 Å². The van der Waals surface area contributed by atoms with Crippen LogP contribution in [0.3, 0.4) is 0 Å². The molecule has 0 amide bonds. The van der Waals surface area contributed by atoms with Gasteiger partial charge in [-0.3, -0.25) is 14.3 Å². The fraction of sp³-hybridized carbons (Fsp3) is 0.355. The van der Waals surface area contributed by atoms with Gasteiger partial charge < -0.3 is 18.9 Å². The molecule has 1 aliphatic carbocycles. The maximum Gasteiger partial charge on any atom is 0.340 e. The predicted molar refractivity (Wildman–Crippen MR) is 160 cm³/mol. The minimum absolute atomic E-state index is 0.121. The van der Waals surface area contributed by atoms with Gasteiger partial charge in [0.25, 0.3) is 11.3 Å². The van der Waals surface area contributed by atoms with Crippen LogP contribution in [-0.4, -0.2) is 40.0 Å². The Kier molecular flexibility index (Phi) is 7.01. The Labute approximate surface area is 251 Å². The first-order valence-electron chi connectivity index (χ1n) is 13.5. The zero-order valence-corrected chi connectivity index (χ0v) is 25.5. The summed E-state index contributed by atoms with van der Waals surface area (Å²) in [6.45, 7) is 8.32. The van der Waals surface area contributed by atoms with E-state index in [2.05, 4.69) is 18.8 Å². The number of carbonyl (C=O) groups excluding carboxylic acids is 1. The smallest absolute Gasteiger partial charge is 0.340 e. The molecular weight excluding hydrogens is 578 g/mol. The molecule has 0 fully saturated rings. The van der Waals surface area contributed by atoms with Gasteiger partial charge in [-0.1, -0.05) is 25.4 Å². The molecule has 0 bridgehead atoms. The highest BCUT2D eigenvalue weighted by Crippen LogP contribution is 2.44. The molecule has 0 saturated carbocycles. The van der Waals surface area contributed by atoms with Crippen LogP contribution in [0.5, 0.6) is 5.75 Å². The number of hydrogen-bond acceptors (Lipinski definition) is 9. The summed E-state index contributed by atoms with van der Waals surface area (Å²) in [4.78, 5) is 35.6. The number of halogens is 1. The van der Waals surface area contributed by atoms with Crippen molar-refractivity contribution in [2.75, 3.05) is 13.7 Å². The molecule has 4 heterocycles. The van der Waals surface area contributed by atoms with Crippen molar-refractivity contribution in [1.82, 2.24) is 14.5 Å². The second kappa shape index (κ2) is 10.4. The summed E-state index contributed by atoms with van der Waals surface area (Å²) in [5.74, 6) is -0.115. The molecule has 11 heteroatoms. The third-order valence-corrected chi connectivity index (χ3v) is 8.97. The van der Waals surface area contributed by atoms with E-state index < -0.39 is 17.2 Å². The van der Waals surface area contributed by atoms with E-state index in [1.807, 2.05) is 32.0 Å². The van der Waals surface area contributed by atoms with Crippen LogP contribution in [0.25, 0.3) is 21.3 Å². The molecule has 0 unspecified atom stereocenters. The molecule has 0 saturated heterocycles. The van der Waals surface area contributed by atoms with Crippen LogP contribution in [0.2, 0.25) is 5.02 Å². The van der Waals surface area contributed by atoms with Crippen LogP contribution in [0.15, 0.2) is 47.0 Å². The Morgan fingerprint density at radius 1 is 1.14 bits per heavy atom. The second-order valence-electron chi connectivity index (χ2n) is 11.2. The Morgan fingerprint density at radius 3 is 2.64 bits per heavy atom. The zero-order valence-electron chi connectivity index (χ0n) is 23.9. The molecule has 1 spiro atoms. The van der Waals surface area contributed by atoms with Crippen molar-refractivity contribution in [3.8, 4) is 16.9 Å². The lowest BCUT2D eigenvalue weighted by Crippen LogP contribution is -2.49. The van der Waals surface area contributed by atoms with Gasteiger partial charge in [-0.05, 0) is 38.1 Å². The van der Waals surface area contributed by atoms with E-state index in [9.17, 15) is 9.59 Å². The standard InChI is InChI=1S/C31H30ClN3O6S/c1-17-12-21(26-25(33-17)23(15-42-26)29(37)38-5)20-13-19(32)6-7-24(20)39-9-8-35-18(2)34-27-22(28(35)36)14-31(16-30(27,3)4)40-10-11-41-31/h6-7,10-13,15H,8-9,14,16H2,1-5H3. The second-order valence-corrected chi connectivity index (χ2v) is 12.5. The van der Waals surface area contributed by atoms with Crippen LogP contribution < -0.4 is 10.3 Å². The Morgan fingerprint density at radius 2 is 1.90 bits per heavy atom. The van der Waals surface area contributed by atoms with E-state index in [-0.39, 0.29) is 18.7 Å². The molecule has 6 rings (SSSR count). The van der Waals surface area contributed by atoms with Crippen molar-refractivity contribution in [2.45, 2.75) is 58.3 Å². The van der Waals surface area contributed by atoms with Crippen LogP contribution in [0.4, 0.5) is 0 Å². The lowest BCUT2D eigenvalue weighted by atomic mass is 9.73. The Bertz CT molecular complexity index is 1820. The van der Waals surface area contributed by atoms with Crippen molar-refractivity contribution in [1.29, 1.82) is 0 Å². The number of thiophene rings is 1. The van der Waals surface area contributed by atoms with E-state index in [0.717, 1.165) is 27.2 Å². The quantitative estimate of drug-likeness (QED) is 0.243. The maximum atomic E-state index is 13.8. The number of ether oxygens (including phenoxy) is 4. The van der Waals surface area contributed by atoms with E-state index in [4.69, 9.17) is 35.5 Å². The number of aryl methyl sites for hydroxylation is 2. The average molecular weight is 608 g/mol. The largest absolute Gasteiger partial charge is 0.491 e. The molecule has 0 atom stereocenters. The first-order valence-corrected chi connectivity index (χ1v) is 14.8. The third kappa shape index (κ3) is 4.82. The molecule has 218 valence electrons. The normalized spacial score (nSPS) is 16.2. The predicted octanol–water partition coefficient (Wildman–Crippen LogP) is 6.09. The molecule has 42 heavy (non-hydrogen) atoms. The van der Waals surface area contributed by atoms with Crippen molar-refractivity contribution < 1.29 is 23.7 Å². The summed E-state index contributed by atoms with van der Waals surface area (Å²) >= 11 is 7.84. The summed E-state index contributed by atoms with van der Waals surface area (Å²) in [5.41, 5.74) is 4.18. The summed E-state index contributed by atoms with van der Waals surface area (Å²) < 4.78 is 25.3. The Hall–Kier alpha value is -3.89. The molecular formula is C31H30ClN3O6S. The first kappa shape index (κ1) is 28.2. The number of pyridine rings is 1. The van der Waals surface area contributed by atoms with Gasteiger partial charge in [0.05, 0.1) is 41.5 Å². The van der Waals surface area contributed by atoms with Gasteiger partial charge in [-0.15, -0.1) is 11.3 Å². The fourth-order valence-corrected chi connectivity index (χ4v) is 7.13. The number of hydrogen-bond donors (Lipinski definition) is 0. The molecule has 3 aromatic heterocycles. The van der Waals surface area contributed by atoms with Crippen LogP contribution in [0.1, 0.15) is 53.4 Å². The van der Waals surface area contributed by atoms with Gasteiger partial charge in [0.2, 0.25) is 0 Å². The van der Waals surface area contributed by atoms with Crippen molar-refractivity contribution in [2.24, 2.45) is 0 Å². The average Bonchev–Trinajstić information content (AvgIpc) is 3.58. The van der Waals surface area contributed by atoms with Crippen molar-refractivity contribution in [3.05, 3.63) is 85.9 Å². The number of carbonyl (C=O) groups is 1. The number of aromatic nitrogens is 3. The highest BCUT2D eigenvalue weighted by atomic mass is 35.5. The summed E-state index contributed by atoms with van der Waals surface area (Å²) in [6.07, 6.45) is 3.97. The van der Waals surface area contributed by atoms with Gasteiger partial charge in [0.15, 0.2) is 0 Å². The minimum Gasteiger partial charge on any atom is -0.491 e. The zero-order chi connectivity index (χ0) is 29.8. The Balaban J connectivity index is 1.31. The van der Waals surface area contributed by atoms with Crippen molar-refractivity contribution >= 4 is 39.1 Å². The summed E-state index contributed by atoms with van der Waals surface area (Å²) in [7, 11) is 1.35. The monoisotopic (exact) mass is 607 g/mol. The molecule has 4 aromatic rings. The third-order valence-electron chi connectivity index (χ3n) is 7.73. The van der Waals surface area contributed by atoms with E-state index in [1.165, 1.54) is 31.0 Å². The lowest BCUT2D eigenvalue weighted by Gasteiger charge is -2.41. The maximum absolute atomic E-state index is 13.8. The molecule has 9 nitrogen and oxygen atoms in total. The SMILES string of the molecule is COC(=O)c1csc2c(-c3cc(Cl)ccc3OCCn3c(C)nc4c(c3=O)CC3(CC4(C)C)OC=CO3)cc(C)nc12. The molecule has 0 N–H and O–H groups in total. The van der Waals surface area contributed by atoms with E-state index in [0.29, 0.717) is 46.1 Å². The molecule has 1 aromatic carbocycles. The fourth-order valence-electron chi connectivity index (χ4n) is 5.95. The number of esters is 1. The van der Waals surface area contributed by atoms with Crippen LogP contribution in [-0.2, 0) is 32.6 Å². The molecule has 2 aliphatic rings. The van der Waals surface area contributed by atoms with E-state index >= 15 is 0 Å².